The number of likely N-dealkylation sites (tertiary alicyclic amines) is 1. The molecule has 1 aromatic carbocycles. The molecule has 0 saturated carbocycles. The van der Waals surface area contributed by atoms with Gasteiger partial charge in [-0.05, 0) is 24.1 Å². The van der Waals surface area contributed by atoms with Gasteiger partial charge in [-0.15, -0.1) is 0 Å². The van der Waals surface area contributed by atoms with Crippen molar-refractivity contribution in [2.75, 3.05) is 20.2 Å². The minimum absolute atomic E-state index is 0.147. The van der Waals surface area contributed by atoms with Crippen molar-refractivity contribution in [1.82, 2.24) is 10.2 Å². The van der Waals surface area contributed by atoms with Gasteiger partial charge in [-0.1, -0.05) is 6.07 Å². The Balaban J connectivity index is 1.87. The van der Waals surface area contributed by atoms with Crippen LogP contribution >= 0.6 is 0 Å². The van der Waals surface area contributed by atoms with Crippen LogP contribution in [0.3, 0.4) is 0 Å². The van der Waals surface area contributed by atoms with E-state index in [0.29, 0.717) is 18.5 Å². The molecule has 0 bridgehead atoms. The Bertz CT molecular complexity index is 550. The van der Waals surface area contributed by atoms with E-state index < -0.39 is 17.7 Å². The number of ether oxygens (including phenoxy) is 1. The Hall–Kier alpha value is -2.31. The van der Waals surface area contributed by atoms with E-state index in [1.807, 2.05) is 0 Å². The number of carbonyl (C=O) groups excluding carboxylic acids is 1. The van der Waals surface area contributed by atoms with Crippen molar-refractivity contribution in [1.29, 1.82) is 0 Å². The van der Waals surface area contributed by atoms with E-state index in [0.717, 1.165) is 0 Å². The minimum Gasteiger partial charge on any atom is -0.494 e. The summed E-state index contributed by atoms with van der Waals surface area (Å²) in [5.41, 5.74) is 0.607. The van der Waals surface area contributed by atoms with Gasteiger partial charge in [-0.2, -0.15) is 0 Å². The van der Waals surface area contributed by atoms with Crippen LogP contribution in [0.25, 0.3) is 0 Å². The number of hydrogen-bond acceptors (Lipinski definition) is 3. The van der Waals surface area contributed by atoms with Crippen LogP contribution < -0.4 is 10.1 Å². The Labute approximate surface area is 121 Å². The number of carbonyl (C=O) groups is 2. The fraction of sp³-hybridized carbons (Fsp3) is 0.429. The van der Waals surface area contributed by atoms with Crippen LogP contribution in [-0.4, -0.2) is 42.2 Å². The summed E-state index contributed by atoms with van der Waals surface area (Å²) in [5, 5.41) is 11.5. The van der Waals surface area contributed by atoms with Gasteiger partial charge < -0.3 is 20.1 Å². The lowest BCUT2D eigenvalue weighted by atomic mass is 10.1. The van der Waals surface area contributed by atoms with Crippen molar-refractivity contribution in [2.45, 2.75) is 13.0 Å². The first-order valence-corrected chi connectivity index (χ1v) is 6.59. The van der Waals surface area contributed by atoms with Crippen LogP contribution in [-0.2, 0) is 11.3 Å². The lowest BCUT2D eigenvalue weighted by molar-refractivity contribution is -0.141. The van der Waals surface area contributed by atoms with Gasteiger partial charge >= 0.3 is 12.0 Å². The van der Waals surface area contributed by atoms with E-state index in [2.05, 4.69) is 5.32 Å². The van der Waals surface area contributed by atoms with Crippen molar-refractivity contribution in [3.63, 3.8) is 0 Å². The third-order valence-corrected chi connectivity index (χ3v) is 3.48. The molecule has 2 amide bonds. The first-order valence-electron chi connectivity index (χ1n) is 6.59. The number of methoxy groups -OCH3 is 1. The van der Waals surface area contributed by atoms with Crippen LogP contribution in [0.5, 0.6) is 5.75 Å². The number of halogens is 1. The van der Waals surface area contributed by atoms with Crippen molar-refractivity contribution >= 4 is 12.0 Å². The number of carboxylic acids is 1. The zero-order valence-corrected chi connectivity index (χ0v) is 11.6. The van der Waals surface area contributed by atoms with Crippen LogP contribution in [0.4, 0.5) is 9.18 Å². The summed E-state index contributed by atoms with van der Waals surface area (Å²) in [6, 6.07) is 4.11. The summed E-state index contributed by atoms with van der Waals surface area (Å²) in [7, 11) is 1.38. The molecule has 1 heterocycles. The number of benzene rings is 1. The summed E-state index contributed by atoms with van der Waals surface area (Å²) in [6.45, 7) is 0.798. The molecule has 1 saturated heterocycles. The fourth-order valence-corrected chi connectivity index (χ4v) is 2.26. The number of hydrogen-bond donors (Lipinski definition) is 2. The third-order valence-electron chi connectivity index (χ3n) is 3.48. The van der Waals surface area contributed by atoms with E-state index in [-0.39, 0.29) is 24.9 Å². The maximum atomic E-state index is 13.5. The van der Waals surface area contributed by atoms with Crippen LogP contribution in [0.1, 0.15) is 12.0 Å². The van der Waals surface area contributed by atoms with Crippen molar-refractivity contribution in [2.24, 2.45) is 5.92 Å². The molecule has 2 rings (SSSR count). The van der Waals surface area contributed by atoms with E-state index >= 15 is 0 Å². The molecule has 1 aliphatic rings. The smallest absolute Gasteiger partial charge is 0.317 e. The highest BCUT2D eigenvalue weighted by atomic mass is 19.1. The average Bonchev–Trinajstić information content (AvgIpc) is 2.95. The molecule has 0 radical (unpaired) electrons. The predicted molar refractivity (Wildman–Crippen MR) is 72.5 cm³/mol. The Kier molecular flexibility index (Phi) is 4.62. The number of carboxylic acid groups (broad SMARTS) is 1. The second kappa shape index (κ2) is 6.43. The second-order valence-electron chi connectivity index (χ2n) is 4.90. The normalized spacial score (nSPS) is 17.6. The van der Waals surface area contributed by atoms with Crippen molar-refractivity contribution < 1.29 is 23.8 Å². The molecule has 1 fully saturated rings. The molecule has 1 unspecified atom stereocenters. The van der Waals surface area contributed by atoms with Gasteiger partial charge in [0.05, 0.1) is 13.0 Å². The van der Waals surface area contributed by atoms with Gasteiger partial charge in [0.2, 0.25) is 0 Å². The highest BCUT2D eigenvalue weighted by Gasteiger charge is 2.30. The maximum Gasteiger partial charge on any atom is 0.317 e. The van der Waals surface area contributed by atoms with E-state index in [1.54, 1.807) is 6.07 Å². The predicted octanol–water partition coefficient (Wildman–Crippen LogP) is 1.45. The van der Waals surface area contributed by atoms with Crippen LogP contribution in [0.15, 0.2) is 18.2 Å². The summed E-state index contributed by atoms with van der Waals surface area (Å²) in [4.78, 5) is 24.2. The van der Waals surface area contributed by atoms with E-state index in [1.165, 1.54) is 24.1 Å². The summed E-state index contributed by atoms with van der Waals surface area (Å²) in [5.74, 6) is -1.73. The summed E-state index contributed by atoms with van der Waals surface area (Å²) in [6.07, 6.45) is 0.458. The van der Waals surface area contributed by atoms with Gasteiger partial charge in [-0.3, -0.25) is 4.79 Å². The summed E-state index contributed by atoms with van der Waals surface area (Å²) >= 11 is 0. The van der Waals surface area contributed by atoms with E-state index in [9.17, 15) is 14.0 Å². The number of aliphatic carboxylic acids is 1. The summed E-state index contributed by atoms with van der Waals surface area (Å²) < 4.78 is 18.3. The maximum absolute atomic E-state index is 13.5. The lowest BCUT2D eigenvalue weighted by Crippen LogP contribution is -2.38. The quantitative estimate of drug-likeness (QED) is 0.881. The van der Waals surface area contributed by atoms with Crippen molar-refractivity contribution in [3.05, 3.63) is 29.6 Å². The fourth-order valence-electron chi connectivity index (χ4n) is 2.26. The zero-order valence-electron chi connectivity index (χ0n) is 11.6. The number of nitrogens with zero attached hydrogens (tertiary/aromatic N) is 1. The van der Waals surface area contributed by atoms with Gasteiger partial charge in [0.1, 0.15) is 0 Å². The van der Waals surface area contributed by atoms with E-state index in [4.69, 9.17) is 9.84 Å². The standard InChI is InChI=1S/C14H17FN2O4/c1-21-12-3-2-9(6-11(12)15)7-16-14(20)17-5-4-10(8-17)13(18)19/h2-3,6,10H,4-5,7-8H2,1H3,(H,16,20)(H,18,19). The largest absolute Gasteiger partial charge is 0.494 e. The first kappa shape index (κ1) is 15.1. The minimum atomic E-state index is -0.887. The molecule has 0 spiro atoms. The van der Waals surface area contributed by atoms with Crippen LogP contribution in [0.2, 0.25) is 0 Å². The molecular weight excluding hydrogens is 279 g/mol. The topological polar surface area (TPSA) is 78.9 Å². The van der Waals surface area contributed by atoms with Crippen LogP contribution in [0, 0.1) is 11.7 Å². The molecule has 1 aromatic rings. The Morgan fingerprint density at radius 2 is 2.29 bits per heavy atom. The van der Waals surface area contributed by atoms with Gasteiger partial charge in [-0.25, -0.2) is 9.18 Å². The molecule has 1 aliphatic heterocycles. The first-order chi connectivity index (χ1) is 10.0. The molecular formula is C14H17FN2O4. The molecule has 0 aliphatic carbocycles. The lowest BCUT2D eigenvalue weighted by Gasteiger charge is -2.16. The van der Waals surface area contributed by atoms with Crippen molar-refractivity contribution in [3.8, 4) is 5.75 Å². The second-order valence-corrected chi connectivity index (χ2v) is 4.90. The molecule has 6 nitrogen and oxygen atoms in total. The Morgan fingerprint density at radius 3 is 2.86 bits per heavy atom. The molecule has 114 valence electrons. The molecule has 0 aromatic heterocycles. The molecule has 7 heteroatoms. The number of urea groups is 1. The molecule has 21 heavy (non-hydrogen) atoms. The highest BCUT2D eigenvalue weighted by molar-refractivity contribution is 5.77. The highest BCUT2D eigenvalue weighted by Crippen LogP contribution is 2.18. The average molecular weight is 296 g/mol. The van der Waals surface area contributed by atoms with Gasteiger partial charge in [0, 0.05) is 19.6 Å². The third kappa shape index (κ3) is 3.62. The number of rotatable bonds is 4. The molecule has 2 N–H and O–H groups in total. The Morgan fingerprint density at radius 1 is 1.52 bits per heavy atom. The molecule has 1 atom stereocenters. The zero-order chi connectivity index (χ0) is 15.4. The van der Waals surface area contributed by atoms with Gasteiger partial charge in [0.15, 0.2) is 11.6 Å². The number of nitrogens with one attached hydrogen (secondary N) is 1. The SMILES string of the molecule is COc1ccc(CNC(=O)N2CCC(C(=O)O)C2)cc1F. The number of amides is 2. The van der Waals surface area contributed by atoms with Gasteiger partial charge in [0.25, 0.3) is 0 Å². The monoisotopic (exact) mass is 296 g/mol.